The van der Waals surface area contributed by atoms with E-state index in [2.05, 4.69) is 9.88 Å². The minimum atomic E-state index is -3.39. The monoisotopic (exact) mass is 291 g/mol. The van der Waals surface area contributed by atoms with Crippen LogP contribution >= 0.6 is 11.8 Å². The van der Waals surface area contributed by atoms with E-state index in [-0.39, 0.29) is 6.54 Å². The SMILES string of the molecule is Cc1noc(C)c1CNS(=O)(=O)N1CCSCC1. The van der Waals surface area contributed by atoms with Gasteiger partial charge in [0.15, 0.2) is 0 Å². The van der Waals surface area contributed by atoms with Crippen molar-refractivity contribution in [2.24, 2.45) is 0 Å². The molecule has 0 aliphatic carbocycles. The van der Waals surface area contributed by atoms with Crippen molar-refractivity contribution in [2.75, 3.05) is 24.6 Å². The molecule has 102 valence electrons. The van der Waals surface area contributed by atoms with Gasteiger partial charge >= 0.3 is 0 Å². The van der Waals surface area contributed by atoms with Gasteiger partial charge < -0.3 is 4.52 Å². The van der Waals surface area contributed by atoms with E-state index in [1.807, 2.05) is 0 Å². The number of hydrogen-bond acceptors (Lipinski definition) is 5. The Hall–Kier alpha value is -0.570. The van der Waals surface area contributed by atoms with E-state index >= 15 is 0 Å². The standard InChI is InChI=1S/C10H17N3O3S2/c1-8-10(9(2)16-12-8)7-11-18(14,15)13-3-5-17-6-4-13/h11H,3-7H2,1-2H3. The predicted octanol–water partition coefficient (Wildman–Crippen LogP) is 0.675. The number of aryl methyl sites for hydroxylation is 2. The predicted molar refractivity (Wildman–Crippen MR) is 70.6 cm³/mol. The molecule has 1 aliphatic rings. The van der Waals surface area contributed by atoms with Crippen LogP contribution in [0.4, 0.5) is 0 Å². The van der Waals surface area contributed by atoms with E-state index in [1.165, 1.54) is 4.31 Å². The molecule has 2 heterocycles. The van der Waals surface area contributed by atoms with Gasteiger partial charge in [0.2, 0.25) is 0 Å². The average Bonchev–Trinajstić information content (AvgIpc) is 2.68. The fraction of sp³-hybridized carbons (Fsp3) is 0.700. The molecule has 0 aromatic carbocycles. The molecule has 0 spiro atoms. The lowest BCUT2D eigenvalue weighted by atomic mass is 10.2. The quantitative estimate of drug-likeness (QED) is 0.882. The van der Waals surface area contributed by atoms with Crippen molar-refractivity contribution in [2.45, 2.75) is 20.4 Å². The Bertz CT molecular complexity index is 487. The molecular formula is C10H17N3O3S2. The molecule has 1 saturated heterocycles. The third-order valence-corrected chi connectivity index (χ3v) is 5.42. The zero-order valence-electron chi connectivity index (χ0n) is 10.5. The van der Waals surface area contributed by atoms with Crippen LogP contribution in [-0.2, 0) is 16.8 Å². The van der Waals surface area contributed by atoms with Crippen LogP contribution in [-0.4, -0.2) is 42.5 Å². The summed E-state index contributed by atoms with van der Waals surface area (Å²) in [6, 6.07) is 0. The number of nitrogens with zero attached hydrogens (tertiary/aromatic N) is 2. The fourth-order valence-corrected chi connectivity index (χ4v) is 4.10. The summed E-state index contributed by atoms with van der Waals surface area (Å²) in [5.74, 6) is 2.36. The Kier molecular flexibility index (Phi) is 4.31. The zero-order chi connectivity index (χ0) is 13.2. The maximum atomic E-state index is 12.1. The van der Waals surface area contributed by atoms with E-state index in [4.69, 9.17) is 4.52 Å². The Morgan fingerprint density at radius 1 is 1.39 bits per heavy atom. The molecule has 1 fully saturated rings. The Labute approximate surface area is 111 Å². The molecule has 1 aromatic heterocycles. The maximum absolute atomic E-state index is 12.1. The van der Waals surface area contributed by atoms with Gasteiger partial charge in [0, 0.05) is 36.7 Å². The van der Waals surface area contributed by atoms with Gasteiger partial charge in [0.25, 0.3) is 10.2 Å². The molecule has 8 heteroatoms. The Morgan fingerprint density at radius 3 is 2.61 bits per heavy atom. The molecular weight excluding hydrogens is 274 g/mol. The van der Waals surface area contributed by atoms with E-state index in [9.17, 15) is 8.42 Å². The summed E-state index contributed by atoms with van der Waals surface area (Å²) in [4.78, 5) is 0. The van der Waals surface area contributed by atoms with E-state index in [1.54, 1.807) is 25.6 Å². The first kappa shape index (κ1) is 13.9. The summed E-state index contributed by atoms with van der Waals surface area (Å²) in [7, 11) is -3.39. The van der Waals surface area contributed by atoms with Crippen molar-refractivity contribution in [1.82, 2.24) is 14.2 Å². The van der Waals surface area contributed by atoms with Crippen LogP contribution in [0.25, 0.3) is 0 Å². The maximum Gasteiger partial charge on any atom is 0.279 e. The molecule has 1 aliphatic heterocycles. The second-order valence-corrected chi connectivity index (χ2v) is 7.12. The molecule has 0 saturated carbocycles. The normalized spacial score (nSPS) is 18.1. The molecule has 1 aromatic rings. The lowest BCUT2D eigenvalue weighted by Crippen LogP contribution is -2.44. The van der Waals surface area contributed by atoms with Gasteiger partial charge in [-0.1, -0.05) is 5.16 Å². The lowest BCUT2D eigenvalue weighted by molar-refractivity contribution is 0.392. The molecule has 0 unspecified atom stereocenters. The highest BCUT2D eigenvalue weighted by Crippen LogP contribution is 2.15. The second-order valence-electron chi connectivity index (χ2n) is 4.14. The minimum absolute atomic E-state index is 0.229. The topological polar surface area (TPSA) is 75.4 Å². The number of thioether (sulfide) groups is 1. The van der Waals surface area contributed by atoms with Crippen LogP contribution in [0.2, 0.25) is 0 Å². The van der Waals surface area contributed by atoms with Crippen LogP contribution in [0.3, 0.4) is 0 Å². The summed E-state index contributed by atoms with van der Waals surface area (Å²) in [5, 5.41) is 3.80. The Balaban J connectivity index is 2.00. The van der Waals surface area contributed by atoms with Crippen molar-refractivity contribution in [3.8, 4) is 0 Å². The van der Waals surface area contributed by atoms with E-state index < -0.39 is 10.2 Å². The van der Waals surface area contributed by atoms with Crippen LogP contribution in [0, 0.1) is 13.8 Å². The Morgan fingerprint density at radius 2 is 2.06 bits per heavy atom. The van der Waals surface area contributed by atoms with Crippen molar-refractivity contribution in [3.63, 3.8) is 0 Å². The summed E-state index contributed by atoms with van der Waals surface area (Å²) in [6.07, 6.45) is 0. The summed E-state index contributed by atoms with van der Waals surface area (Å²) < 4.78 is 33.2. The van der Waals surface area contributed by atoms with Gasteiger partial charge in [-0.2, -0.15) is 29.2 Å². The summed E-state index contributed by atoms with van der Waals surface area (Å²) in [5.41, 5.74) is 1.54. The van der Waals surface area contributed by atoms with Crippen LogP contribution in [0.5, 0.6) is 0 Å². The molecule has 1 N–H and O–H groups in total. The molecule has 0 bridgehead atoms. The number of aromatic nitrogens is 1. The van der Waals surface area contributed by atoms with Crippen molar-refractivity contribution in [1.29, 1.82) is 0 Å². The van der Waals surface area contributed by atoms with Gasteiger partial charge in [-0.3, -0.25) is 0 Å². The summed E-state index contributed by atoms with van der Waals surface area (Å²) in [6.45, 7) is 4.95. The van der Waals surface area contributed by atoms with Crippen LogP contribution < -0.4 is 4.72 Å². The number of rotatable bonds is 4. The highest BCUT2D eigenvalue weighted by Gasteiger charge is 2.24. The molecule has 18 heavy (non-hydrogen) atoms. The second kappa shape index (κ2) is 5.60. The van der Waals surface area contributed by atoms with E-state index in [0.717, 1.165) is 22.8 Å². The van der Waals surface area contributed by atoms with Crippen molar-refractivity contribution >= 4 is 22.0 Å². The number of nitrogens with one attached hydrogen (secondary N) is 1. The largest absolute Gasteiger partial charge is 0.361 e. The van der Waals surface area contributed by atoms with Crippen LogP contribution in [0.1, 0.15) is 17.0 Å². The van der Waals surface area contributed by atoms with E-state index in [0.29, 0.717) is 18.8 Å². The first-order valence-corrected chi connectivity index (χ1v) is 8.34. The number of hydrogen-bond donors (Lipinski definition) is 1. The average molecular weight is 291 g/mol. The van der Waals surface area contributed by atoms with Gasteiger partial charge in [0.1, 0.15) is 5.76 Å². The lowest BCUT2D eigenvalue weighted by Gasteiger charge is -2.25. The highest BCUT2D eigenvalue weighted by atomic mass is 32.2. The smallest absolute Gasteiger partial charge is 0.279 e. The van der Waals surface area contributed by atoms with Gasteiger partial charge in [0.05, 0.1) is 5.69 Å². The third-order valence-electron chi connectivity index (χ3n) is 2.92. The molecule has 0 amide bonds. The van der Waals surface area contributed by atoms with Crippen LogP contribution in [0.15, 0.2) is 4.52 Å². The molecule has 2 rings (SSSR count). The molecule has 0 radical (unpaired) electrons. The van der Waals surface area contributed by atoms with Crippen molar-refractivity contribution in [3.05, 3.63) is 17.0 Å². The van der Waals surface area contributed by atoms with Gasteiger partial charge in [-0.25, -0.2) is 0 Å². The first-order chi connectivity index (χ1) is 8.50. The van der Waals surface area contributed by atoms with Gasteiger partial charge in [-0.05, 0) is 13.8 Å². The van der Waals surface area contributed by atoms with Crippen molar-refractivity contribution < 1.29 is 12.9 Å². The first-order valence-electron chi connectivity index (χ1n) is 5.75. The fourth-order valence-electron chi connectivity index (χ4n) is 1.80. The molecule has 6 nitrogen and oxygen atoms in total. The molecule has 0 atom stereocenters. The third kappa shape index (κ3) is 3.05. The minimum Gasteiger partial charge on any atom is -0.361 e. The highest BCUT2D eigenvalue weighted by molar-refractivity contribution is 7.99. The zero-order valence-corrected chi connectivity index (χ0v) is 12.1. The van der Waals surface area contributed by atoms with Gasteiger partial charge in [-0.15, -0.1) is 0 Å². The summed E-state index contributed by atoms with van der Waals surface area (Å²) >= 11 is 1.78.